The molecule has 2 aliphatic rings. The number of rotatable bonds is 8. The zero-order valence-corrected chi connectivity index (χ0v) is 20.2. The van der Waals surface area contributed by atoms with Gasteiger partial charge in [-0.15, -0.1) is 11.8 Å². The van der Waals surface area contributed by atoms with Crippen LogP contribution in [0.1, 0.15) is 24.2 Å². The van der Waals surface area contributed by atoms with E-state index < -0.39 is 24.1 Å². The maximum atomic E-state index is 13.7. The zero-order valence-electron chi connectivity index (χ0n) is 19.4. The van der Waals surface area contributed by atoms with Crippen molar-refractivity contribution in [1.29, 1.82) is 0 Å². The fraction of sp³-hybridized carbons (Fsp3) is 0.231. The molecule has 1 unspecified atom stereocenters. The van der Waals surface area contributed by atoms with Crippen molar-refractivity contribution < 1.29 is 23.9 Å². The SMILES string of the molecule is CC(=O)OCC1=C(C(=O)OC(c2ccccc2)c2ccccc2)N2C(=O)C(Nc3ncc[nH]3)[C@H]2SC1. The van der Waals surface area contributed by atoms with E-state index in [1.807, 2.05) is 60.7 Å². The highest BCUT2D eigenvalue weighted by Gasteiger charge is 2.54. The molecule has 10 heteroatoms. The number of amides is 1. The van der Waals surface area contributed by atoms with Crippen LogP contribution in [0.4, 0.5) is 5.95 Å². The van der Waals surface area contributed by atoms with E-state index in [0.717, 1.165) is 11.1 Å². The Kier molecular flexibility index (Phi) is 6.77. The molecule has 2 aliphatic heterocycles. The van der Waals surface area contributed by atoms with Crippen LogP contribution < -0.4 is 5.32 Å². The van der Waals surface area contributed by atoms with Crippen molar-refractivity contribution in [3.05, 3.63) is 95.5 Å². The molecule has 0 saturated carbocycles. The van der Waals surface area contributed by atoms with E-state index in [0.29, 0.717) is 17.3 Å². The second-order valence-electron chi connectivity index (χ2n) is 8.31. The summed E-state index contributed by atoms with van der Waals surface area (Å²) in [7, 11) is 0. The largest absolute Gasteiger partial charge is 0.461 e. The van der Waals surface area contributed by atoms with Crippen LogP contribution in [0.25, 0.3) is 0 Å². The highest BCUT2D eigenvalue weighted by molar-refractivity contribution is 8.00. The number of hydrogen-bond acceptors (Lipinski definition) is 8. The maximum absolute atomic E-state index is 13.7. The zero-order chi connectivity index (χ0) is 25.1. The molecule has 1 saturated heterocycles. The molecule has 0 aliphatic carbocycles. The first kappa shape index (κ1) is 23.7. The van der Waals surface area contributed by atoms with E-state index in [1.165, 1.54) is 23.6 Å². The standard InChI is InChI=1S/C26H24N4O5S/c1-16(31)34-14-19-15-36-24-20(29-26-27-12-13-28-26)23(32)30(24)21(19)25(33)35-22(17-8-4-2-5-9-17)18-10-6-3-7-11-18/h2-13,20,22,24H,14-15H2,1H3,(H2,27,28,29)/t20?,24-/m1/s1. The Bertz CT molecular complexity index is 1240. The van der Waals surface area contributed by atoms with Crippen molar-refractivity contribution in [2.75, 3.05) is 17.7 Å². The van der Waals surface area contributed by atoms with Crippen molar-refractivity contribution in [3.63, 3.8) is 0 Å². The fourth-order valence-electron chi connectivity index (χ4n) is 4.21. The summed E-state index contributed by atoms with van der Waals surface area (Å²) in [6.07, 6.45) is 2.57. The van der Waals surface area contributed by atoms with E-state index in [2.05, 4.69) is 15.3 Å². The van der Waals surface area contributed by atoms with Gasteiger partial charge in [0.15, 0.2) is 6.10 Å². The molecule has 2 N–H and O–H groups in total. The van der Waals surface area contributed by atoms with Gasteiger partial charge in [-0.3, -0.25) is 14.5 Å². The van der Waals surface area contributed by atoms with Gasteiger partial charge in [-0.1, -0.05) is 60.7 Å². The molecule has 1 fully saturated rings. The lowest BCUT2D eigenvalue weighted by Gasteiger charge is -2.49. The summed E-state index contributed by atoms with van der Waals surface area (Å²) in [5.74, 6) is -0.525. The number of carbonyl (C=O) groups is 3. The molecule has 0 radical (unpaired) electrons. The first-order valence-corrected chi connectivity index (χ1v) is 12.4. The summed E-state index contributed by atoms with van der Waals surface area (Å²) < 4.78 is 11.3. The maximum Gasteiger partial charge on any atom is 0.356 e. The number of β-lactam (4-membered cyclic amide) rings is 1. The third-order valence-electron chi connectivity index (χ3n) is 5.91. The lowest BCUT2D eigenvalue weighted by molar-refractivity contribution is -0.152. The number of imidazole rings is 1. The Morgan fingerprint density at radius 1 is 1.14 bits per heavy atom. The van der Waals surface area contributed by atoms with Gasteiger partial charge in [-0.2, -0.15) is 0 Å². The number of aromatic nitrogens is 2. The first-order valence-electron chi connectivity index (χ1n) is 11.4. The van der Waals surface area contributed by atoms with Gasteiger partial charge < -0.3 is 19.8 Å². The summed E-state index contributed by atoms with van der Waals surface area (Å²) in [5.41, 5.74) is 2.25. The Morgan fingerprint density at radius 2 is 1.81 bits per heavy atom. The van der Waals surface area contributed by atoms with E-state index in [1.54, 1.807) is 12.4 Å². The Labute approximate surface area is 211 Å². The van der Waals surface area contributed by atoms with Crippen molar-refractivity contribution in [1.82, 2.24) is 14.9 Å². The van der Waals surface area contributed by atoms with Crippen LogP contribution in [0, 0.1) is 0 Å². The van der Waals surface area contributed by atoms with Gasteiger partial charge in [0.1, 0.15) is 23.7 Å². The molecule has 1 aromatic heterocycles. The molecule has 3 heterocycles. The van der Waals surface area contributed by atoms with Crippen molar-refractivity contribution in [2.45, 2.75) is 24.4 Å². The minimum Gasteiger partial charge on any atom is -0.461 e. The number of hydrogen-bond donors (Lipinski definition) is 2. The molecule has 184 valence electrons. The molecular weight excluding hydrogens is 480 g/mol. The van der Waals surface area contributed by atoms with Crippen LogP contribution in [-0.2, 0) is 23.9 Å². The predicted octanol–water partition coefficient (Wildman–Crippen LogP) is 3.26. The van der Waals surface area contributed by atoms with Gasteiger partial charge in [0.2, 0.25) is 5.95 Å². The topological polar surface area (TPSA) is 114 Å². The van der Waals surface area contributed by atoms with Crippen LogP contribution in [0.5, 0.6) is 0 Å². The summed E-state index contributed by atoms with van der Waals surface area (Å²) in [5, 5.41) is 2.75. The van der Waals surface area contributed by atoms with Crippen LogP contribution in [0.2, 0.25) is 0 Å². The van der Waals surface area contributed by atoms with Gasteiger partial charge in [0.25, 0.3) is 5.91 Å². The summed E-state index contributed by atoms with van der Waals surface area (Å²) >= 11 is 1.48. The van der Waals surface area contributed by atoms with E-state index in [-0.39, 0.29) is 23.6 Å². The van der Waals surface area contributed by atoms with Gasteiger partial charge >= 0.3 is 11.9 Å². The number of nitrogens with one attached hydrogen (secondary N) is 2. The molecule has 36 heavy (non-hydrogen) atoms. The Morgan fingerprint density at radius 3 is 2.39 bits per heavy atom. The molecule has 3 aromatic rings. The number of aromatic amines is 1. The van der Waals surface area contributed by atoms with Crippen LogP contribution in [-0.4, -0.2) is 56.5 Å². The number of esters is 2. The number of benzene rings is 2. The van der Waals surface area contributed by atoms with Crippen LogP contribution in [0.15, 0.2) is 84.3 Å². The summed E-state index contributed by atoms with van der Waals surface area (Å²) in [6, 6.07) is 18.3. The average Bonchev–Trinajstić information content (AvgIpc) is 3.43. The lowest BCUT2D eigenvalue weighted by Crippen LogP contribution is -2.68. The Hall–Kier alpha value is -4.05. The van der Waals surface area contributed by atoms with Gasteiger partial charge in [0, 0.05) is 30.6 Å². The molecule has 0 bridgehead atoms. The van der Waals surface area contributed by atoms with Crippen molar-refractivity contribution in [2.24, 2.45) is 0 Å². The van der Waals surface area contributed by atoms with Gasteiger partial charge in [-0.05, 0) is 11.1 Å². The normalized spacial score (nSPS) is 18.9. The third-order valence-corrected chi connectivity index (χ3v) is 7.25. The second kappa shape index (κ2) is 10.3. The monoisotopic (exact) mass is 504 g/mol. The van der Waals surface area contributed by atoms with Crippen molar-refractivity contribution >= 4 is 35.6 Å². The minimum atomic E-state index is -0.677. The number of fused-ring (bicyclic) bond motifs is 1. The second-order valence-corrected chi connectivity index (χ2v) is 9.41. The number of anilines is 1. The molecular formula is C26H24N4O5S. The molecule has 9 nitrogen and oxygen atoms in total. The summed E-state index contributed by atoms with van der Waals surface area (Å²) in [4.78, 5) is 46.9. The third kappa shape index (κ3) is 4.72. The van der Waals surface area contributed by atoms with E-state index in [4.69, 9.17) is 9.47 Å². The number of nitrogens with zero attached hydrogens (tertiary/aromatic N) is 2. The first-order chi connectivity index (χ1) is 17.5. The average molecular weight is 505 g/mol. The number of H-pyrrole nitrogens is 1. The number of thioether (sulfide) groups is 1. The molecule has 0 spiro atoms. The Balaban J connectivity index is 1.45. The van der Waals surface area contributed by atoms with Gasteiger partial charge in [0.05, 0.1) is 0 Å². The number of carbonyl (C=O) groups excluding carboxylic acids is 3. The molecule has 5 rings (SSSR count). The molecule has 2 aromatic carbocycles. The fourth-order valence-corrected chi connectivity index (χ4v) is 5.54. The minimum absolute atomic E-state index is 0.0963. The highest BCUT2D eigenvalue weighted by atomic mass is 32.2. The summed E-state index contributed by atoms with van der Waals surface area (Å²) in [6.45, 7) is 1.21. The van der Waals surface area contributed by atoms with Crippen molar-refractivity contribution in [3.8, 4) is 0 Å². The van der Waals surface area contributed by atoms with Crippen LogP contribution >= 0.6 is 11.8 Å². The van der Waals surface area contributed by atoms with Gasteiger partial charge in [-0.25, -0.2) is 9.78 Å². The predicted molar refractivity (Wildman–Crippen MR) is 134 cm³/mol. The van der Waals surface area contributed by atoms with E-state index >= 15 is 0 Å². The lowest BCUT2D eigenvalue weighted by atomic mass is 10.0. The van der Waals surface area contributed by atoms with Crippen LogP contribution in [0.3, 0.4) is 0 Å². The highest BCUT2D eigenvalue weighted by Crippen LogP contribution is 2.42. The molecule has 2 atom stereocenters. The smallest absolute Gasteiger partial charge is 0.356 e. The molecule has 1 amide bonds. The quantitative estimate of drug-likeness (QED) is 0.355. The number of ether oxygens (including phenoxy) is 2. The van der Waals surface area contributed by atoms with E-state index in [9.17, 15) is 14.4 Å².